The highest BCUT2D eigenvalue weighted by molar-refractivity contribution is 5.86. The summed E-state index contributed by atoms with van der Waals surface area (Å²) in [6.45, 7) is 1.75. The molecule has 0 unspecified atom stereocenters. The lowest BCUT2D eigenvalue weighted by Crippen LogP contribution is -2.35. The number of hydrogen-bond acceptors (Lipinski definition) is 5. The lowest BCUT2D eigenvalue weighted by molar-refractivity contribution is -0.121. The van der Waals surface area contributed by atoms with E-state index in [2.05, 4.69) is 20.8 Å². The number of carbonyl (C=O) groups excluding carboxylic acids is 1. The summed E-state index contributed by atoms with van der Waals surface area (Å²) in [6, 6.07) is 10.6. The molecule has 0 aliphatic heterocycles. The van der Waals surface area contributed by atoms with Gasteiger partial charge in [-0.05, 0) is 36.8 Å². The molecule has 1 heterocycles. The fourth-order valence-electron chi connectivity index (χ4n) is 1.78. The third-order valence-electron chi connectivity index (χ3n) is 2.97. The first-order valence-electron chi connectivity index (χ1n) is 6.83. The number of pyridine rings is 1. The Kier molecular flexibility index (Phi) is 5.48. The molecule has 1 aromatic heterocycles. The quantitative estimate of drug-likeness (QED) is 0.632. The van der Waals surface area contributed by atoms with Crippen LogP contribution in [0.4, 0.5) is 5.69 Å². The standard InChI is InChI=1S/C16H18N4O2/c1-12(19-14-5-3-4-6-15(14)22-2)16(21)20-18-11-13-7-9-17-10-8-13/h3-12,19H,1-2H3,(H,20,21)/b18-11-/t12-/m0/s1. The number of rotatable bonds is 6. The van der Waals surface area contributed by atoms with Crippen molar-refractivity contribution >= 4 is 17.8 Å². The molecule has 1 amide bonds. The van der Waals surface area contributed by atoms with Crippen LogP contribution >= 0.6 is 0 Å². The number of hydrogen-bond donors (Lipinski definition) is 2. The number of ether oxygens (including phenoxy) is 1. The number of anilines is 1. The molecule has 1 aromatic carbocycles. The number of aromatic nitrogens is 1. The Morgan fingerprint density at radius 1 is 1.27 bits per heavy atom. The highest BCUT2D eigenvalue weighted by Crippen LogP contribution is 2.23. The van der Waals surface area contributed by atoms with E-state index in [-0.39, 0.29) is 5.91 Å². The van der Waals surface area contributed by atoms with E-state index in [0.29, 0.717) is 5.75 Å². The molecule has 2 N–H and O–H groups in total. The second kappa shape index (κ2) is 7.78. The maximum Gasteiger partial charge on any atom is 0.262 e. The Bertz CT molecular complexity index is 644. The van der Waals surface area contributed by atoms with Crippen LogP contribution in [0.25, 0.3) is 0 Å². The molecule has 114 valence electrons. The van der Waals surface area contributed by atoms with Gasteiger partial charge in [-0.15, -0.1) is 0 Å². The van der Waals surface area contributed by atoms with E-state index in [1.807, 2.05) is 24.3 Å². The summed E-state index contributed by atoms with van der Waals surface area (Å²) in [5.41, 5.74) is 4.11. The van der Waals surface area contributed by atoms with Gasteiger partial charge in [0, 0.05) is 12.4 Å². The number of benzene rings is 1. The zero-order valence-electron chi connectivity index (χ0n) is 12.5. The number of carbonyl (C=O) groups is 1. The molecule has 0 aliphatic rings. The van der Waals surface area contributed by atoms with Crippen molar-refractivity contribution in [3.63, 3.8) is 0 Å². The van der Waals surface area contributed by atoms with E-state index < -0.39 is 6.04 Å². The highest BCUT2D eigenvalue weighted by atomic mass is 16.5. The number of hydrazone groups is 1. The number of nitrogens with one attached hydrogen (secondary N) is 2. The van der Waals surface area contributed by atoms with E-state index >= 15 is 0 Å². The number of nitrogens with zero attached hydrogens (tertiary/aromatic N) is 2. The second-order valence-corrected chi connectivity index (χ2v) is 4.58. The molecule has 0 saturated heterocycles. The minimum Gasteiger partial charge on any atom is -0.495 e. The smallest absolute Gasteiger partial charge is 0.262 e. The first-order valence-corrected chi connectivity index (χ1v) is 6.83. The number of para-hydroxylation sites is 2. The third-order valence-corrected chi connectivity index (χ3v) is 2.97. The lowest BCUT2D eigenvalue weighted by Gasteiger charge is -2.15. The molecule has 6 nitrogen and oxygen atoms in total. The first-order chi connectivity index (χ1) is 10.7. The van der Waals surface area contributed by atoms with Crippen LogP contribution in [0.3, 0.4) is 0 Å². The molecular weight excluding hydrogens is 280 g/mol. The van der Waals surface area contributed by atoms with Crippen molar-refractivity contribution in [1.29, 1.82) is 0 Å². The van der Waals surface area contributed by atoms with Crippen LogP contribution < -0.4 is 15.5 Å². The second-order valence-electron chi connectivity index (χ2n) is 4.58. The van der Waals surface area contributed by atoms with Crippen molar-refractivity contribution in [3.05, 3.63) is 54.4 Å². The molecule has 0 bridgehead atoms. The van der Waals surface area contributed by atoms with Crippen LogP contribution in [-0.4, -0.2) is 30.3 Å². The molecule has 2 aromatic rings. The third kappa shape index (κ3) is 4.31. The molecule has 0 radical (unpaired) electrons. The van der Waals surface area contributed by atoms with E-state index in [0.717, 1.165) is 11.3 Å². The van der Waals surface area contributed by atoms with E-state index in [1.165, 1.54) is 0 Å². The minimum absolute atomic E-state index is 0.240. The average molecular weight is 298 g/mol. The van der Waals surface area contributed by atoms with Gasteiger partial charge in [-0.3, -0.25) is 9.78 Å². The van der Waals surface area contributed by atoms with Crippen LogP contribution in [-0.2, 0) is 4.79 Å². The zero-order chi connectivity index (χ0) is 15.8. The summed E-state index contributed by atoms with van der Waals surface area (Å²) < 4.78 is 5.24. The van der Waals surface area contributed by atoms with Gasteiger partial charge in [0.25, 0.3) is 5.91 Å². The topological polar surface area (TPSA) is 75.6 Å². The van der Waals surface area contributed by atoms with Crippen molar-refractivity contribution in [2.75, 3.05) is 12.4 Å². The molecule has 1 atom stereocenters. The Morgan fingerprint density at radius 3 is 2.73 bits per heavy atom. The normalized spacial score (nSPS) is 11.9. The Balaban J connectivity index is 1.91. The molecule has 0 fully saturated rings. The van der Waals surface area contributed by atoms with Crippen molar-refractivity contribution < 1.29 is 9.53 Å². The molecule has 2 rings (SSSR count). The van der Waals surface area contributed by atoms with Crippen molar-refractivity contribution in [2.45, 2.75) is 13.0 Å². The predicted molar refractivity (Wildman–Crippen MR) is 86.1 cm³/mol. The molecular formula is C16H18N4O2. The maximum atomic E-state index is 12.0. The summed E-state index contributed by atoms with van der Waals surface area (Å²) in [4.78, 5) is 15.9. The van der Waals surface area contributed by atoms with E-state index in [1.54, 1.807) is 44.8 Å². The van der Waals surface area contributed by atoms with Crippen LogP contribution in [0, 0.1) is 0 Å². The van der Waals surface area contributed by atoms with Crippen LogP contribution in [0.5, 0.6) is 5.75 Å². The van der Waals surface area contributed by atoms with Crippen molar-refractivity contribution in [3.8, 4) is 5.75 Å². The molecule has 0 aliphatic carbocycles. The summed E-state index contributed by atoms with van der Waals surface area (Å²) in [6.07, 6.45) is 4.89. The predicted octanol–water partition coefficient (Wildman–Crippen LogP) is 2.04. The van der Waals surface area contributed by atoms with Gasteiger partial charge in [0.1, 0.15) is 11.8 Å². The number of methoxy groups -OCH3 is 1. The largest absolute Gasteiger partial charge is 0.495 e. The molecule has 0 saturated carbocycles. The van der Waals surface area contributed by atoms with Gasteiger partial charge < -0.3 is 10.1 Å². The monoisotopic (exact) mass is 298 g/mol. The van der Waals surface area contributed by atoms with Gasteiger partial charge in [-0.2, -0.15) is 5.10 Å². The van der Waals surface area contributed by atoms with E-state index in [4.69, 9.17) is 4.74 Å². The number of amides is 1. The lowest BCUT2D eigenvalue weighted by atomic mass is 10.2. The Morgan fingerprint density at radius 2 is 2.00 bits per heavy atom. The summed E-state index contributed by atoms with van der Waals surface area (Å²) in [5.74, 6) is 0.443. The van der Waals surface area contributed by atoms with Gasteiger partial charge in [0.2, 0.25) is 0 Å². The molecule has 22 heavy (non-hydrogen) atoms. The molecule has 6 heteroatoms. The fourth-order valence-corrected chi connectivity index (χ4v) is 1.78. The average Bonchev–Trinajstić information content (AvgIpc) is 2.56. The van der Waals surface area contributed by atoms with Gasteiger partial charge >= 0.3 is 0 Å². The zero-order valence-corrected chi connectivity index (χ0v) is 12.5. The van der Waals surface area contributed by atoms with Gasteiger partial charge in [-0.1, -0.05) is 12.1 Å². The summed E-state index contributed by atoms with van der Waals surface area (Å²) in [5, 5.41) is 7.01. The Hall–Kier alpha value is -2.89. The highest BCUT2D eigenvalue weighted by Gasteiger charge is 2.13. The van der Waals surface area contributed by atoms with E-state index in [9.17, 15) is 4.79 Å². The minimum atomic E-state index is -0.453. The van der Waals surface area contributed by atoms with Gasteiger partial charge in [0.15, 0.2) is 0 Å². The van der Waals surface area contributed by atoms with Gasteiger partial charge in [-0.25, -0.2) is 5.43 Å². The van der Waals surface area contributed by atoms with Crippen LogP contribution in [0.2, 0.25) is 0 Å². The Labute approximate surface area is 129 Å². The fraction of sp³-hybridized carbons (Fsp3) is 0.188. The van der Waals surface area contributed by atoms with Crippen molar-refractivity contribution in [1.82, 2.24) is 10.4 Å². The van der Waals surface area contributed by atoms with Crippen LogP contribution in [0.15, 0.2) is 53.9 Å². The van der Waals surface area contributed by atoms with Crippen molar-refractivity contribution in [2.24, 2.45) is 5.10 Å². The summed E-state index contributed by atoms with van der Waals surface area (Å²) >= 11 is 0. The first kappa shape index (κ1) is 15.5. The maximum absolute atomic E-state index is 12.0. The molecule has 0 spiro atoms. The van der Waals surface area contributed by atoms with Crippen LogP contribution in [0.1, 0.15) is 12.5 Å². The summed E-state index contributed by atoms with van der Waals surface area (Å²) in [7, 11) is 1.59. The SMILES string of the molecule is COc1ccccc1N[C@@H](C)C(=O)N/N=C\c1ccncc1. The van der Waals surface area contributed by atoms with Gasteiger partial charge in [0.05, 0.1) is 19.0 Å².